The number of thioether (sulfide) groups is 1. The van der Waals surface area contributed by atoms with E-state index in [1.54, 1.807) is 6.92 Å². The fraction of sp³-hybridized carbons (Fsp3) is 0.167. The molecule has 4 rings (SSSR count). The number of thiophene rings is 1. The molecule has 1 atom stereocenters. The smallest absolute Gasteiger partial charge is 0.237 e. The average Bonchev–Trinajstić information content (AvgIpc) is 3.26. The van der Waals surface area contributed by atoms with Crippen molar-refractivity contribution in [1.29, 1.82) is 0 Å². The van der Waals surface area contributed by atoms with Crippen molar-refractivity contribution in [2.24, 2.45) is 0 Å². The number of phenols is 1. The van der Waals surface area contributed by atoms with Gasteiger partial charge in [0, 0.05) is 16.5 Å². The second-order valence-electron chi connectivity index (χ2n) is 7.11. The number of anilines is 1. The van der Waals surface area contributed by atoms with E-state index >= 15 is 0 Å². The molecule has 1 amide bonds. The molecule has 2 aromatic heterocycles. The van der Waals surface area contributed by atoms with Gasteiger partial charge in [-0.05, 0) is 49.7 Å². The number of hydrogen-bond donors (Lipinski definition) is 2. The molecule has 0 radical (unpaired) electrons. The van der Waals surface area contributed by atoms with E-state index in [0.717, 1.165) is 27.1 Å². The van der Waals surface area contributed by atoms with Crippen LogP contribution in [0.4, 0.5) is 5.69 Å². The first-order chi connectivity index (χ1) is 16.0. The molecule has 0 aliphatic carbocycles. The lowest BCUT2D eigenvalue weighted by Gasteiger charge is -2.14. The summed E-state index contributed by atoms with van der Waals surface area (Å²) in [5.74, 6) is 0.382. The molecule has 0 saturated heterocycles. The number of benzene rings is 2. The maximum atomic E-state index is 12.8. The number of aromatic hydroxyl groups is 1. The highest BCUT2D eigenvalue weighted by molar-refractivity contribution is 8.00. The second-order valence-corrected chi connectivity index (χ2v) is 9.30. The number of hydrogen-bond acceptors (Lipinski definition) is 8. The number of amides is 1. The van der Waals surface area contributed by atoms with Crippen LogP contribution in [-0.4, -0.2) is 39.1 Å². The molecule has 9 heteroatoms. The van der Waals surface area contributed by atoms with Crippen molar-refractivity contribution in [3.63, 3.8) is 0 Å². The third-order valence-electron chi connectivity index (χ3n) is 4.88. The SMILES string of the molecule is CCOc1ccc(-c2csc3ncnc(SC(C)C(=O)Nc4cc(C=O)ccc4O)c23)cc1. The van der Waals surface area contributed by atoms with Crippen LogP contribution < -0.4 is 10.1 Å². The van der Waals surface area contributed by atoms with Crippen LogP contribution in [0.15, 0.2) is 59.2 Å². The Balaban J connectivity index is 1.59. The van der Waals surface area contributed by atoms with Crippen molar-refractivity contribution in [2.75, 3.05) is 11.9 Å². The van der Waals surface area contributed by atoms with Crippen molar-refractivity contribution in [1.82, 2.24) is 9.97 Å². The minimum absolute atomic E-state index is 0.105. The molecular formula is C24H21N3O4S2. The molecule has 0 fully saturated rings. The zero-order chi connectivity index (χ0) is 23.4. The lowest BCUT2D eigenvalue weighted by Crippen LogP contribution is -2.22. The maximum Gasteiger partial charge on any atom is 0.237 e. The second kappa shape index (κ2) is 10.0. The van der Waals surface area contributed by atoms with Crippen LogP contribution >= 0.6 is 23.1 Å². The first kappa shape index (κ1) is 22.8. The molecule has 0 bridgehead atoms. The molecule has 4 aromatic rings. The van der Waals surface area contributed by atoms with Crippen LogP contribution in [0.5, 0.6) is 11.5 Å². The van der Waals surface area contributed by atoms with Crippen molar-refractivity contribution in [3.8, 4) is 22.6 Å². The summed E-state index contributed by atoms with van der Waals surface area (Å²) in [6.45, 7) is 4.31. The van der Waals surface area contributed by atoms with Gasteiger partial charge in [0.15, 0.2) is 0 Å². The highest BCUT2D eigenvalue weighted by atomic mass is 32.2. The number of nitrogens with zero attached hydrogens (tertiary/aromatic N) is 2. The van der Waals surface area contributed by atoms with Crippen LogP contribution in [0, 0.1) is 0 Å². The normalized spacial score (nSPS) is 11.8. The molecule has 33 heavy (non-hydrogen) atoms. The Morgan fingerprint density at radius 3 is 2.76 bits per heavy atom. The van der Waals surface area contributed by atoms with E-state index in [0.29, 0.717) is 23.5 Å². The Morgan fingerprint density at radius 2 is 2.03 bits per heavy atom. The van der Waals surface area contributed by atoms with Crippen LogP contribution in [0.2, 0.25) is 0 Å². The summed E-state index contributed by atoms with van der Waals surface area (Å²) in [6.07, 6.45) is 2.15. The predicted octanol–water partition coefficient (Wildman–Crippen LogP) is 5.39. The number of carbonyl (C=O) groups is 2. The van der Waals surface area contributed by atoms with E-state index in [-0.39, 0.29) is 17.3 Å². The van der Waals surface area contributed by atoms with Gasteiger partial charge >= 0.3 is 0 Å². The number of fused-ring (bicyclic) bond motifs is 1. The first-order valence-corrected chi connectivity index (χ1v) is 12.0. The van der Waals surface area contributed by atoms with Gasteiger partial charge in [0.25, 0.3) is 0 Å². The van der Waals surface area contributed by atoms with E-state index < -0.39 is 5.25 Å². The quantitative estimate of drug-likeness (QED) is 0.151. The molecule has 0 aliphatic rings. The van der Waals surface area contributed by atoms with E-state index in [2.05, 4.69) is 15.3 Å². The fourth-order valence-electron chi connectivity index (χ4n) is 3.23. The number of rotatable bonds is 8. The van der Waals surface area contributed by atoms with Gasteiger partial charge < -0.3 is 15.2 Å². The fourth-order valence-corrected chi connectivity index (χ4v) is 5.14. The Bertz CT molecular complexity index is 1310. The standard InChI is InChI=1S/C24H21N3O4S2/c1-3-31-17-7-5-16(6-8-17)18-12-32-23-21(18)24(26-13-25-23)33-14(2)22(30)27-19-10-15(11-28)4-9-20(19)29/h4-14,29H,3H2,1-2H3,(H,27,30). The zero-order valence-electron chi connectivity index (χ0n) is 17.9. The summed E-state index contributed by atoms with van der Waals surface area (Å²) < 4.78 is 5.53. The Hall–Kier alpha value is -3.43. The summed E-state index contributed by atoms with van der Waals surface area (Å²) in [5.41, 5.74) is 2.55. The number of aldehydes is 1. The predicted molar refractivity (Wildman–Crippen MR) is 131 cm³/mol. The average molecular weight is 480 g/mol. The van der Waals surface area contributed by atoms with E-state index in [9.17, 15) is 14.7 Å². The van der Waals surface area contributed by atoms with E-state index in [1.165, 1.54) is 47.6 Å². The Kier molecular flexibility index (Phi) is 6.90. The zero-order valence-corrected chi connectivity index (χ0v) is 19.6. The van der Waals surface area contributed by atoms with Gasteiger partial charge in [0.1, 0.15) is 34.0 Å². The minimum Gasteiger partial charge on any atom is -0.506 e. The van der Waals surface area contributed by atoms with Crippen LogP contribution in [-0.2, 0) is 4.79 Å². The van der Waals surface area contributed by atoms with Crippen molar-refractivity contribution >= 4 is 51.2 Å². The third-order valence-corrected chi connectivity index (χ3v) is 6.87. The van der Waals surface area contributed by atoms with Crippen LogP contribution in [0.1, 0.15) is 24.2 Å². The third kappa shape index (κ3) is 4.99. The van der Waals surface area contributed by atoms with Crippen molar-refractivity contribution in [3.05, 3.63) is 59.7 Å². The lowest BCUT2D eigenvalue weighted by molar-refractivity contribution is -0.115. The van der Waals surface area contributed by atoms with Gasteiger partial charge in [0.05, 0.1) is 22.9 Å². The molecule has 0 aliphatic heterocycles. The molecule has 7 nitrogen and oxygen atoms in total. The molecule has 2 heterocycles. The largest absolute Gasteiger partial charge is 0.506 e. The number of carbonyl (C=O) groups excluding carboxylic acids is 2. The molecule has 0 spiro atoms. The van der Waals surface area contributed by atoms with Crippen molar-refractivity contribution in [2.45, 2.75) is 24.1 Å². The monoisotopic (exact) mass is 479 g/mol. The topological polar surface area (TPSA) is 101 Å². The Morgan fingerprint density at radius 1 is 1.24 bits per heavy atom. The van der Waals surface area contributed by atoms with Gasteiger partial charge in [-0.15, -0.1) is 11.3 Å². The Labute approximate surface area is 198 Å². The van der Waals surface area contributed by atoms with Crippen LogP contribution in [0.3, 0.4) is 0 Å². The number of nitrogens with one attached hydrogen (secondary N) is 1. The van der Waals surface area contributed by atoms with Gasteiger partial charge in [-0.2, -0.15) is 0 Å². The molecule has 2 aromatic carbocycles. The number of phenolic OH excluding ortho intramolecular Hbond substituents is 1. The lowest BCUT2D eigenvalue weighted by atomic mass is 10.1. The summed E-state index contributed by atoms with van der Waals surface area (Å²) >= 11 is 2.83. The molecule has 0 saturated carbocycles. The van der Waals surface area contributed by atoms with E-state index in [4.69, 9.17) is 4.74 Å². The maximum absolute atomic E-state index is 12.8. The molecule has 168 valence electrons. The highest BCUT2D eigenvalue weighted by Crippen LogP contribution is 2.39. The number of aromatic nitrogens is 2. The minimum atomic E-state index is -0.518. The van der Waals surface area contributed by atoms with E-state index in [1.807, 2.05) is 36.6 Å². The van der Waals surface area contributed by atoms with Gasteiger partial charge in [-0.1, -0.05) is 23.9 Å². The van der Waals surface area contributed by atoms with Gasteiger partial charge in [-0.3, -0.25) is 9.59 Å². The summed E-state index contributed by atoms with van der Waals surface area (Å²) in [5, 5.41) is 15.8. The van der Waals surface area contributed by atoms with Gasteiger partial charge in [-0.25, -0.2) is 9.97 Å². The summed E-state index contributed by atoms with van der Waals surface area (Å²) in [6, 6.07) is 12.1. The van der Waals surface area contributed by atoms with Crippen LogP contribution in [0.25, 0.3) is 21.3 Å². The van der Waals surface area contributed by atoms with Gasteiger partial charge in [0.2, 0.25) is 5.91 Å². The molecule has 2 N–H and O–H groups in total. The first-order valence-electron chi connectivity index (χ1n) is 10.2. The molecule has 1 unspecified atom stereocenters. The highest BCUT2D eigenvalue weighted by Gasteiger charge is 2.21. The molecular weight excluding hydrogens is 458 g/mol. The van der Waals surface area contributed by atoms with Crippen molar-refractivity contribution < 1.29 is 19.4 Å². The number of ether oxygens (including phenoxy) is 1. The summed E-state index contributed by atoms with van der Waals surface area (Å²) in [7, 11) is 0. The summed E-state index contributed by atoms with van der Waals surface area (Å²) in [4.78, 5) is 33.5.